The van der Waals surface area contributed by atoms with E-state index < -0.39 is 5.97 Å². The van der Waals surface area contributed by atoms with Crippen molar-refractivity contribution in [3.05, 3.63) is 89.6 Å². The summed E-state index contributed by atoms with van der Waals surface area (Å²) in [6.07, 6.45) is 0.904. The number of hydrogen-bond acceptors (Lipinski definition) is 5. The lowest BCUT2D eigenvalue weighted by Crippen LogP contribution is -2.32. The van der Waals surface area contributed by atoms with Crippen LogP contribution in [0, 0.1) is 0 Å². The van der Waals surface area contributed by atoms with E-state index in [2.05, 4.69) is 11.8 Å². The fourth-order valence-corrected chi connectivity index (χ4v) is 5.36. The minimum absolute atomic E-state index is 0.0153. The first-order chi connectivity index (χ1) is 17.7. The molecule has 0 fully saturated rings. The van der Waals surface area contributed by atoms with Gasteiger partial charge >= 0.3 is 5.97 Å². The maximum atomic E-state index is 13.4. The average molecular weight is 478 g/mol. The number of carbonyl (C=O) groups is 2. The second-order valence-corrected chi connectivity index (χ2v) is 9.20. The highest BCUT2D eigenvalue weighted by molar-refractivity contribution is 6.13. The Balaban J connectivity index is 1.28. The van der Waals surface area contributed by atoms with E-state index in [0.717, 1.165) is 63.5 Å². The Morgan fingerprint density at radius 3 is 2.22 bits per heavy atom. The summed E-state index contributed by atoms with van der Waals surface area (Å²) >= 11 is 0. The molecule has 0 saturated heterocycles. The van der Waals surface area contributed by atoms with Gasteiger partial charge in [0.1, 0.15) is 6.61 Å². The molecular weight excluding hydrogens is 450 g/mol. The van der Waals surface area contributed by atoms with Crippen LogP contribution < -0.4 is 0 Å². The lowest BCUT2D eigenvalue weighted by atomic mass is 9.96. The Morgan fingerprint density at radius 1 is 0.889 bits per heavy atom. The summed E-state index contributed by atoms with van der Waals surface area (Å²) < 4.78 is 7.48. The van der Waals surface area contributed by atoms with Crippen molar-refractivity contribution in [1.29, 1.82) is 0 Å². The van der Waals surface area contributed by atoms with Crippen LogP contribution in [0.1, 0.15) is 39.8 Å². The molecule has 2 aromatic heterocycles. The topological polar surface area (TPSA) is 64.4 Å². The molecule has 6 heteroatoms. The van der Waals surface area contributed by atoms with E-state index in [1.165, 1.54) is 0 Å². The fourth-order valence-electron chi connectivity index (χ4n) is 5.36. The molecule has 6 rings (SSSR count). The number of ether oxygens (including phenoxy) is 1. The number of esters is 1. The molecule has 0 radical (unpaired) electrons. The summed E-state index contributed by atoms with van der Waals surface area (Å²) in [5.41, 5.74) is 5.02. The van der Waals surface area contributed by atoms with Gasteiger partial charge in [-0.2, -0.15) is 0 Å². The lowest BCUT2D eigenvalue weighted by Gasteiger charge is -2.28. The monoisotopic (exact) mass is 477 g/mol. The molecule has 0 atom stereocenters. The Bertz CT molecular complexity index is 1580. The summed E-state index contributed by atoms with van der Waals surface area (Å²) in [5, 5.41) is 2.87. The first-order valence-corrected chi connectivity index (χ1v) is 12.5. The molecule has 0 bridgehead atoms. The summed E-state index contributed by atoms with van der Waals surface area (Å²) in [6.45, 7) is 4.65. The van der Waals surface area contributed by atoms with E-state index in [9.17, 15) is 9.59 Å². The second-order valence-electron chi connectivity index (χ2n) is 9.20. The van der Waals surface area contributed by atoms with Crippen LogP contribution in [0.2, 0.25) is 0 Å². The molecule has 0 aliphatic carbocycles. The minimum Gasteiger partial charge on any atom is -0.462 e. The van der Waals surface area contributed by atoms with Gasteiger partial charge in [0.05, 0.1) is 28.5 Å². The van der Waals surface area contributed by atoms with Crippen LogP contribution >= 0.6 is 0 Å². The van der Waals surface area contributed by atoms with Crippen molar-refractivity contribution in [3.8, 4) is 0 Å². The number of benzene rings is 3. The van der Waals surface area contributed by atoms with Crippen LogP contribution in [0.15, 0.2) is 72.8 Å². The van der Waals surface area contributed by atoms with E-state index in [0.29, 0.717) is 12.1 Å². The molecule has 5 aromatic rings. The van der Waals surface area contributed by atoms with Gasteiger partial charge in [-0.15, -0.1) is 0 Å². The van der Waals surface area contributed by atoms with Crippen molar-refractivity contribution in [2.45, 2.75) is 26.3 Å². The first kappa shape index (κ1) is 22.4. The third kappa shape index (κ3) is 3.74. The molecule has 3 heterocycles. The van der Waals surface area contributed by atoms with Gasteiger partial charge in [0.25, 0.3) is 0 Å². The second kappa shape index (κ2) is 9.21. The molecule has 0 saturated carbocycles. The number of likely N-dealkylation sites (N-methyl/N-ethyl adjacent to an activating group) is 1. The van der Waals surface area contributed by atoms with Crippen molar-refractivity contribution >= 4 is 44.6 Å². The number of pyridine rings is 1. The zero-order valence-electron chi connectivity index (χ0n) is 20.2. The number of fused-ring (bicyclic) bond motifs is 5. The Hall–Kier alpha value is -4.03. The molecule has 0 amide bonds. The molecule has 0 N–H and O–H groups in total. The highest BCUT2D eigenvalue weighted by atomic mass is 16.5. The molecule has 0 unspecified atom stereocenters. The predicted octanol–water partition coefficient (Wildman–Crippen LogP) is 5.61. The van der Waals surface area contributed by atoms with E-state index in [1.54, 1.807) is 4.57 Å². The maximum absolute atomic E-state index is 13.4. The Kier molecular flexibility index (Phi) is 5.74. The highest BCUT2D eigenvalue weighted by Gasteiger charge is 2.26. The van der Waals surface area contributed by atoms with Crippen molar-refractivity contribution in [2.75, 3.05) is 19.7 Å². The number of rotatable bonds is 5. The van der Waals surface area contributed by atoms with Gasteiger partial charge in [-0.05, 0) is 24.7 Å². The predicted molar refractivity (Wildman–Crippen MR) is 141 cm³/mol. The third-order valence-corrected chi connectivity index (χ3v) is 7.16. The fraction of sp³-hybridized carbons (Fsp3) is 0.233. The molecule has 6 nitrogen and oxygen atoms in total. The van der Waals surface area contributed by atoms with Gasteiger partial charge in [0.2, 0.25) is 5.91 Å². The van der Waals surface area contributed by atoms with Crippen molar-refractivity contribution in [2.24, 2.45) is 0 Å². The minimum atomic E-state index is -0.391. The number of para-hydroxylation sites is 3. The zero-order chi connectivity index (χ0) is 24.6. The van der Waals surface area contributed by atoms with Crippen LogP contribution in [0.25, 0.3) is 32.7 Å². The maximum Gasteiger partial charge on any atom is 0.339 e. The van der Waals surface area contributed by atoms with Crippen LogP contribution in [0.3, 0.4) is 0 Å². The van der Waals surface area contributed by atoms with Crippen molar-refractivity contribution in [1.82, 2.24) is 14.5 Å². The average Bonchev–Trinajstić information content (AvgIpc) is 3.26. The molecule has 1 aliphatic heterocycles. The van der Waals surface area contributed by atoms with E-state index in [1.807, 2.05) is 72.8 Å². The molecule has 36 heavy (non-hydrogen) atoms. The van der Waals surface area contributed by atoms with Crippen molar-refractivity contribution < 1.29 is 14.3 Å². The van der Waals surface area contributed by atoms with E-state index >= 15 is 0 Å². The molecule has 3 aromatic carbocycles. The summed E-state index contributed by atoms with van der Waals surface area (Å²) in [7, 11) is 0. The van der Waals surface area contributed by atoms with Gasteiger partial charge in [0.15, 0.2) is 0 Å². The Labute approximate surface area is 209 Å². The van der Waals surface area contributed by atoms with Crippen molar-refractivity contribution in [3.63, 3.8) is 0 Å². The molecule has 1 aliphatic rings. The SMILES string of the molecule is CCN1CCc2nc3ccccc3c(C(=O)OCCC(=O)n3c4ccccc4c4ccccc43)c2C1. The summed E-state index contributed by atoms with van der Waals surface area (Å²) in [4.78, 5) is 33.9. The van der Waals surface area contributed by atoms with Gasteiger partial charge in [-0.3, -0.25) is 19.2 Å². The summed E-state index contributed by atoms with van der Waals surface area (Å²) in [6, 6.07) is 23.5. The number of carbonyl (C=O) groups excluding carboxylic acids is 2. The number of aromatic nitrogens is 2. The smallest absolute Gasteiger partial charge is 0.339 e. The van der Waals surface area contributed by atoms with Gasteiger partial charge in [0, 0.05) is 46.9 Å². The first-order valence-electron chi connectivity index (χ1n) is 12.5. The largest absolute Gasteiger partial charge is 0.462 e. The van der Waals surface area contributed by atoms with Gasteiger partial charge < -0.3 is 4.74 Å². The van der Waals surface area contributed by atoms with Crippen LogP contribution in [-0.2, 0) is 17.7 Å². The van der Waals surface area contributed by atoms with Crippen LogP contribution in [0.5, 0.6) is 0 Å². The third-order valence-electron chi connectivity index (χ3n) is 7.16. The quantitative estimate of drug-likeness (QED) is 0.308. The molecule has 180 valence electrons. The lowest BCUT2D eigenvalue weighted by molar-refractivity contribution is 0.0489. The number of nitrogens with zero attached hydrogens (tertiary/aromatic N) is 3. The van der Waals surface area contributed by atoms with Gasteiger partial charge in [-0.25, -0.2) is 4.79 Å². The number of hydrogen-bond donors (Lipinski definition) is 0. The molecular formula is C30H27N3O3. The standard InChI is InChI=1S/C30H27N3O3/c1-2-32-17-15-25-23(19-32)29(22-11-3-6-12-24(22)31-25)30(35)36-18-16-28(34)33-26-13-7-4-9-20(26)21-10-5-8-14-27(21)33/h3-14H,2,15-19H2,1H3. The molecule has 0 spiro atoms. The zero-order valence-corrected chi connectivity index (χ0v) is 20.2. The Morgan fingerprint density at radius 2 is 1.53 bits per heavy atom. The van der Waals surface area contributed by atoms with E-state index in [-0.39, 0.29) is 18.9 Å². The van der Waals surface area contributed by atoms with Gasteiger partial charge in [-0.1, -0.05) is 61.5 Å². The normalized spacial score (nSPS) is 13.8. The van der Waals surface area contributed by atoms with Crippen LogP contribution in [-0.4, -0.2) is 46.0 Å². The van der Waals surface area contributed by atoms with Crippen LogP contribution in [0.4, 0.5) is 0 Å². The summed E-state index contributed by atoms with van der Waals surface area (Å²) in [5.74, 6) is -0.489. The highest BCUT2D eigenvalue weighted by Crippen LogP contribution is 2.30. The van der Waals surface area contributed by atoms with E-state index in [4.69, 9.17) is 9.72 Å².